The number of para-hydroxylation sites is 2. The quantitative estimate of drug-likeness (QED) is 0.460. The number of nitrogens with zero attached hydrogens (tertiary/aromatic N) is 6. The third kappa shape index (κ3) is 4.34. The molecular weight excluding hydrogens is 438 g/mol. The van der Waals surface area contributed by atoms with Crippen LogP contribution in [0.5, 0.6) is 0 Å². The van der Waals surface area contributed by atoms with Crippen LogP contribution in [0.1, 0.15) is 50.2 Å². The van der Waals surface area contributed by atoms with Crippen LogP contribution in [0.15, 0.2) is 59.4 Å². The van der Waals surface area contributed by atoms with E-state index in [0.717, 1.165) is 49.1 Å². The van der Waals surface area contributed by atoms with E-state index in [9.17, 15) is 4.79 Å². The van der Waals surface area contributed by atoms with Crippen LogP contribution in [0, 0.1) is 6.92 Å². The fraction of sp³-hybridized carbons (Fsp3) is 0.407. The van der Waals surface area contributed by atoms with Crippen molar-refractivity contribution >= 4 is 16.6 Å². The van der Waals surface area contributed by atoms with Crippen LogP contribution in [0.4, 0.5) is 5.69 Å². The number of tetrazole rings is 1. The summed E-state index contributed by atoms with van der Waals surface area (Å²) in [6.07, 6.45) is 0.868. The Balaban J connectivity index is 1.58. The Bertz CT molecular complexity index is 1370. The minimum atomic E-state index is -0.345. The van der Waals surface area contributed by atoms with Gasteiger partial charge in [0.1, 0.15) is 6.04 Å². The lowest BCUT2D eigenvalue weighted by Crippen LogP contribution is -2.49. The normalized spacial score (nSPS) is 16.1. The van der Waals surface area contributed by atoms with Gasteiger partial charge < -0.3 is 9.88 Å². The number of fused-ring (bicyclic) bond motifs is 1. The molecule has 8 heteroatoms. The van der Waals surface area contributed by atoms with Crippen LogP contribution in [-0.2, 0) is 5.54 Å². The average Bonchev–Trinajstić information content (AvgIpc) is 3.37. The molecule has 1 aliphatic rings. The van der Waals surface area contributed by atoms with Gasteiger partial charge in [0.05, 0.1) is 11.1 Å². The molecule has 4 aromatic rings. The van der Waals surface area contributed by atoms with Crippen LogP contribution in [0.3, 0.4) is 0 Å². The van der Waals surface area contributed by atoms with Gasteiger partial charge in [-0.25, -0.2) is 4.68 Å². The summed E-state index contributed by atoms with van der Waals surface area (Å²) in [5.74, 6) is 0.711. The van der Waals surface area contributed by atoms with E-state index in [0.29, 0.717) is 11.4 Å². The molecule has 1 fully saturated rings. The summed E-state index contributed by atoms with van der Waals surface area (Å²) in [6.45, 7) is 11.7. The highest BCUT2D eigenvalue weighted by atomic mass is 16.1. The molecule has 1 saturated heterocycles. The van der Waals surface area contributed by atoms with E-state index in [1.54, 1.807) is 0 Å². The monoisotopic (exact) mass is 471 g/mol. The second-order valence-electron chi connectivity index (χ2n) is 9.97. The van der Waals surface area contributed by atoms with Crippen LogP contribution in [-0.4, -0.2) is 56.3 Å². The van der Waals surface area contributed by atoms with Gasteiger partial charge in [0.15, 0.2) is 5.82 Å². The zero-order valence-corrected chi connectivity index (χ0v) is 20.9. The molecule has 5 rings (SSSR count). The van der Waals surface area contributed by atoms with E-state index in [-0.39, 0.29) is 17.1 Å². The van der Waals surface area contributed by atoms with Gasteiger partial charge in [-0.15, -0.1) is 5.10 Å². The van der Waals surface area contributed by atoms with Crippen LogP contribution < -0.4 is 10.5 Å². The van der Waals surface area contributed by atoms with Gasteiger partial charge in [-0.2, -0.15) is 0 Å². The van der Waals surface area contributed by atoms with Crippen LogP contribution in [0.2, 0.25) is 0 Å². The van der Waals surface area contributed by atoms with Crippen LogP contribution in [0.25, 0.3) is 10.9 Å². The minimum absolute atomic E-state index is 0.0915. The highest BCUT2D eigenvalue weighted by Gasteiger charge is 2.35. The fourth-order valence-electron chi connectivity index (χ4n) is 4.93. The molecule has 2 aromatic carbocycles. The average molecular weight is 472 g/mol. The maximum atomic E-state index is 13.5. The number of piperazine rings is 1. The van der Waals surface area contributed by atoms with E-state index in [2.05, 4.69) is 75.3 Å². The molecule has 1 atom stereocenters. The largest absolute Gasteiger partial charge is 0.369 e. The predicted molar refractivity (Wildman–Crippen MR) is 139 cm³/mol. The van der Waals surface area contributed by atoms with E-state index in [4.69, 9.17) is 0 Å². The Morgan fingerprint density at radius 2 is 1.77 bits per heavy atom. The molecule has 182 valence electrons. The molecule has 0 bridgehead atoms. The van der Waals surface area contributed by atoms with E-state index >= 15 is 0 Å². The smallest absolute Gasteiger partial charge is 0.253 e. The summed E-state index contributed by atoms with van der Waals surface area (Å²) in [4.78, 5) is 21.4. The van der Waals surface area contributed by atoms with Crippen molar-refractivity contribution in [3.63, 3.8) is 0 Å². The van der Waals surface area contributed by atoms with Crippen molar-refractivity contribution in [3.05, 3.63) is 81.9 Å². The molecule has 3 heterocycles. The maximum Gasteiger partial charge on any atom is 0.253 e. The first-order valence-electron chi connectivity index (χ1n) is 12.3. The second kappa shape index (κ2) is 9.26. The summed E-state index contributed by atoms with van der Waals surface area (Å²) >= 11 is 0. The Morgan fingerprint density at radius 1 is 1.03 bits per heavy atom. The molecule has 2 aromatic heterocycles. The maximum absolute atomic E-state index is 13.5. The summed E-state index contributed by atoms with van der Waals surface area (Å²) in [6, 6.07) is 18.2. The Labute approximate surface area is 205 Å². The lowest BCUT2D eigenvalue weighted by Gasteiger charge is -2.40. The highest BCUT2D eigenvalue weighted by Crippen LogP contribution is 2.32. The van der Waals surface area contributed by atoms with Gasteiger partial charge in [0.2, 0.25) is 0 Å². The van der Waals surface area contributed by atoms with Crippen molar-refractivity contribution in [2.24, 2.45) is 0 Å². The van der Waals surface area contributed by atoms with Crippen molar-refractivity contribution in [1.82, 2.24) is 30.1 Å². The van der Waals surface area contributed by atoms with E-state index in [1.807, 2.05) is 41.9 Å². The molecular formula is C27H33N7O. The number of benzene rings is 2. The standard InChI is InChI=1S/C27H33N7O/c1-5-27(3,4)34-25(29-30-31-34)24(22-18-20-11-9-10-19(2)23(20)28-26(22)35)33-16-14-32(15-17-33)21-12-7-6-8-13-21/h6-13,18,24H,5,14-17H2,1-4H3,(H,28,35). The predicted octanol–water partition coefficient (Wildman–Crippen LogP) is 3.88. The van der Waals surface area contributed by atoms with Crippen molar-refractivity contribution in [3.8, 4) is 0 Å². The number of aromatic nitrogens is 5. The zero-order chi connectivity index (χ0) is 24.6. The van der Waals surface area contributed by atoms with Crippen LogP contribution >= 0.6 is 0 Å². The van der Waals surface area contributed by atoms with Crippen molar-refractivity contribution in [1.29, 1.82) is 0 Å². The first-order valence-corrected chi connectivity index (χ1v) is 12.3. The number of anilines is 1. The summed E-state index contributed by atoms with van der Waals surface area (Å²) in [7, 11) is 0. The third-order valence-electron chi connectivity index (χ3n) is 7.39. The van der Waals surface area contributed by atoms with E-state index in [1.165, 1.54) is 5.69 Å². The molecule has 8 nitrogen and oxygen atoms in total. The number of hydrogen-bond donors (Lipinski definition) is 1. The number of hydrogen-bond acceptors (Lipinski definition) is 6. The molecule has 0 radical (unpaired) electrons. The number of pyridine rings is 1. The van der Waals surface area contributed by atoms with Gasteiger partial charge in [-0.05, 0) is 66.8 Å². The van der Waals surface area contributed by atoms with Gasteiger partial charge in [0.25, 0.3) is 5.56 Å². The summed E-state index contributed by atoms with van der Waals surface area (Å²) in [5, 5.41) is 13.9. The molecule has 1 N–H and O–H groups in total. The third-order valence-corrected chi connectivity index (χ3v) is 7.39. The topological polar surface area (TPSA) is 82.9 Å². The van der Waals surface area contributed by atoms with Crippen molar-refractivity contribution in [2.75, 3.05) is 31.1 Å². The summed E-state index contributed by atoms with van der Waals surface area (Å²) < 4.78 is 1.90. The Hall–Kier alpha value is -3.52. The fourth-order valence-corrected chi connectivity index (χ4v) is 4.93. The molecule has 35 heavy (non-hydrogen) atoms. The SMILES string of the molecule is CCC(C)(C)n1nnnc1C(c1cc2cccc(C)c2[nH]c1=O)N1CCN(c2ccccc2)CC1. The van der Waals surface area contributed by atoms with Crippen molar-refractivity contribution < 1.29 is 0 Å². The Kier molecular flexibility index (Phi) is 6.15. The molecule has 0 spiro atoms. The molecule has 1 aliphatic heterocycles. The van der Waals surface area contributed by atoms with Gasteiger partial charge in [0, 0.05) is 37.4 Å². The number of aryl methyl sites for hydroxylation is 1. The lowest BCUT2D eigenvalue weighted by molar-refractivity contribution is 0.186. The van der Waals surface area contributed by atoms with Crippen molar-refractivity contribution in [2.45, 2.75) is 45.7 Å². The number of aromatic amines is 1. The van der Waals surface area contributed by atoms with Gasteiger partial charge in [-0.3, -0.25) is 9.69 Å². The Morgan fingerprint density at radius 3 is 2.49 bits per heavy atom. The number of rotatable bonds is 6. The van der Waals surface area contributed by atoms with Gasteiger partial charge in [-0.1, -0.05) is 43.3 Å². The number of nitrogens with one attached hydrogen (secondary N) is 1. The first kappa shape index (κ1) is 23.2. The zero-order valence-electron chi connectivity index (χ0n) is 20.9. The first-order chi connectivity index (χ1) is 16.9. The number of H-pyrrole nitrogens is 1. The van der Waals surface area contributed by atoms with E-state index < -0.39 is 0 Å². The molecule has 0 amide bonds. The molecule has 0 saturated carbocycles. The minimum Gasteiger partial charge on any atom is -0.369 e. The van der Waals surface area contributed by atoms with Gasteiger partial charge >= 0.3 is 0 Å². The summed E-state index contributed by atoms with van der Waals surface area (Å²) in [5.41, 5.74) is 3.46. The lowest BCUT2D eigenvalue weighted by atomic mass is 9.98. The molecule has 0 aliphatic carbocycles. The second-order valence-corrected chi connectivity index (χ2v) is 9.97. The molecule has 1 unspecified atom stereocenters. The highest BCUT2D eigenvalue weighted by molar-refractivity contribution is 5.82.